The van der Waals surface area contributed by atoms with Crippen LogP contribution in [0.2, 0.25) is 5.02 Å². The second-order valence-electron chi connectivity index (χ2n) is 5.02. The summed E-state index contributed by atoms with van der Waals surface area (Å²) in [6, 6.07) is 7.85. The second kappa shape index (κ2) is 6.66. The highest BCUT2D eigenvalue weighted by atomic mass is 35.5. The summed E-state index contributed by atoms with van der Waals surface area (Å²) < 4.78 is 45.9. The zero-order valence-corrected chi connectivity index (χ0v) is 15.9. The summed E-state index contributed by atoms with van der Waals surface area (Å²) in [6.45, 7) is 0. The van der Waals surface area contributed by atoms with Crippen molar-refractivity contribution in [3.8, 4) is 11.5 Å². The van der Waals surface area contributed by atoms with Gasteiger partial charge in [-0.1, -0.05) is 17.7 Å². The molecule has 25 heavy (non-hydrogen) atoms. The Morgan fingerprint density at radius 2 is 1.84 bits per heavy atom. The number of benzene rings is 2. The van der Waals surface area contributed by atoms with Crippen molar-refractivity contribution in [2.45, 2.75) is 4.90 Å². The molecule has 132 valence electrons. The molecule has 0 aliphatic rings. The molecule has 3 aromatic rings. The smallest absolute Gasteiger partial charge is 0.266 e. The van der Waals surface area contributed by atoms with Crippen LogP contribution in [0, 0.1) is 0 Å². The molecule has 0 amide bonds. The highest BCUT2D eigenvalue weighted by molar-refractivity contribution is 7.93. The van der Waals surface area contributed by atoms with Crippen molar-refractivity contribution in [3.63, 3.8) is 0 Å². The van der Waals surface area contributed by atoms with Crippen molar-refractivity contribution in [3.05, 3.63) is 35.4 Å². The molecular weight excluding hydrogens is 386 g/mol. The fourth-order valence-corrected chi connectivity index (χ4v) is 4.54. The molecule has 0 radical (unpaired) electrons. The fraction of sp³-hybridized carbons (Fsp3) is 0.200. The Kier molecular flexibility index (Phi) is 4.72. The average molecular weight is 400 g/mol. The zero-order valence-electron chi connectivity index (χ0n) is 13.6. The van der Waals surface area contributed by atoms with Crippen LogP contribution < -0.4 is 13.8 Å². The minimum Gasteiger partial charge on any atom is -0.495 e. The maximum Gasteiger partial charge on any atom is 0.266 e. The standard InChI is InChI=1S/C15H14ClN3O4S2/c1-19(11-7-9(16)12(22-2)8-13(11)23-3)25(20,21)14-6-4-5-10-15(14)18-24-17-10/h4-8H,1-3H3. The number of fused-ring (bicyclic) bond motifs is 1. The number of sulfonamides is 1. The molecule has 0 unspecified atom stereocenters. The number of methoxy groups -OCH3 is 2. The van der Waals surface area contributed by atoms with Gasteiger partial charge in [-0.2, -0.15) is 8.75 Å². The van der Waals surface area contributed by atoms with Gasteiger partial charge in [0.1, 0.15) is 27.4 Å². The van der Waals surface area contributed by atoms with Crippen LogP contribution in [-0.4, -0.2) is 38.4 Å². The number of hydrogen-bond donors (Lipinski definition) is 0. The Bertz CT molecular complexity index is 1040. The van der Waals surface area contributed by atoms with Crippen LogP contribution in [0.1, 0.15) is 0 Å². The number of nitrogens with zero attached hydrogens (tertiary/aromatic N) is 3. The van der Waals surface area contributed by atoms with E-state index in [1.807, 2.05) is 0 Å². The summed E-state index contributed by atoms with van der Waals surface area (Å²) >= 11 is 7.11. The summed E-state index contributed by atoms with van der Waals surface area (Å²) in [5.41, 5.74) is 1.14. The third-order valence-electron chi connectivity index (χ3n) is 3.68. The van der Waals surface area contributed by atoms with E-state index in [9.17, 15) is 8.42 Å². The van der Waals surface area contributed by atoms with Crippen molar-refractivity contribution in [2.75, 3.05) is 25.6 Å². The average Bonchev–Trinajstić information content (AvgIpc) is 3.09. The minimum atomic E-state index is -3.90. The van der Waals surface area contributed by atoms with Gasteiger partial charge in [0.2, 0.25) is 0 Å². The van der Waals surface area contributed by atoms with Crippen LogP contribution in [0.25, 0.3) is 11.0 Å². The van der Waals surface area contributed by atoms with Crippen LogP contribution in [0.5, 0.6) is 11.5 Å². The van der Waals surface area contributed by atoms with Gasteiger partial charge in [0.15, 0.2) is 0 Å². The van der Waals surface area contributed by atoms with Crippen molar-refractivity contribution in [1.29, 1.82) is 0 Å². The van der Waals surface area contributed by atoms with E-state index in [0.717, 1.165) is 16.0 Å². The number of ether oxygens (including phenoxy) is 2. The lowest BCUT2D eigenvalue weighted by atomic mass is 10.2. The Morgan fingerprint density at radius 3 is 2.52 bits per heavy atom. The van der Waals surface area contributed by atoms with Gasteiger partial charge in [-0.3, -0.25) is 4.31 Å². The van der Waals surface area contributed by atoms with E-state index in [2.05, 4.69) is 8.75 Å². The lowest BCUT2D eigenvalue weighted by Crippen LogP contribution is -2.27. The first kappa shape index (κ1) is 17.7. The topological polar surface area (TPSA) is 81.6 Å². The molecule has 1 aromatic heterocycles. The van der Waals surface area contributed by atoms with E-state index < -0.39 is 10.0 Å². The Morgan fingerprint density at radius 1 is 1.12 bits per heavy atom. The predicted molar refractivity (Wildman–Crippen MR) is 97.6 cm³/mol. The quantitative estimate of drug-likeness (QED) is 0.655. The summed E-state index contributed by atoms with van der Waals surface area (Å²) in [5, 5.41) is 0.272. The molecule has 3 rings (SSSR count). The highest BCUT2D eigenvalue weighted by Gasteiger charge is 2.28. The zero-order chi connectivity index (χ0) is 18.2. The maximum absolute atomic E-state index is 13.1. The molecule has 10 heteroatoms. The normalized spacial score (nSPS) is 11.5. The maximum atomic E-state index is 13.1. The predicted octanol–water partition coefficient (Wildman–Crippen LogP) is 3.19. The van der Waals surface area contributed by atoms with Crippen molar-refractivity contribution in [1.82, 2.24) is 8.75 Å². The first-order chi connectivity index (χ1) is 11.9. The van der Waals surface area contributed by atoms with E-state index in [4.69, 9.17) is 21.1 Å². The third kappa shape index (κ3) is 2.99. The molecular formula is C15H14ClN3O4S2. The largest absolute Gasteiger partial charge is 0.495 e. The highest BCUT2D eigenvalue weighted by Crippen LogP contribution is 2.39. The summed E-state index contributed by atoms with van der Waals surface area (Å²) in [4.78, 5) is 0.0650. The van der Waals surface area contributed by atoms with Gasteiger partial charge in [-0.05, 0) is 18.2 Å². The van der Waals surface area contributed by atoms with Crippen molar-refractivity contribution in [2.24, 2.45) is 0 Å². The van der Waals surface area contributed by atoms with Crippen LogP contribution in [-0.2, 0) is 10.0 Å². The van der Waals surface area contributed by atoms with Gasteiger partial charge in [0, 0.05) is 13.1 Å². The Labute approximate surface area is 154 Å². The molecule has 0 spiro atoms. The van der Waals surface area contributed by atoms with Crippen molar-refractivity contribution < 1.29 is 17.9 Å². The molecule has 1 heterocycles. The number of halogens is 1. The van der Waals surface area contributed by atoms with E-state index in [0.29, 0.717) is 22.5 Å². The second-order valence-corrected chi connectivity index (χ2v) is 7.89. The van der Waals surface area contributed by atoms with Crippen LogP contribution in [0.4, 0.5) is 5.69 Å². The van der Waals surface area contributed by atoms with Gasteiger partial charge in [-0.25, -0.2) is 8.42 Å². The van der Waals surface area contributed by atoms with Gasteiger partial charge in [0.05, 0.1) is 36.7 Å². The number of aromatic nitrogens is 2. The molecule has 7 nitrogen and oxygen atoms in total. The fourth-order valence-electron chi connectivity index (χ4n) is 2.36. The van der Waals surface area contributed by atoms with E-state index >= 15 is 0 Å². The van der Waals surface area contributed by atoms with Gasteiger partial charge in [0.25, 0.3) is 10.0 Å². The number of hydrogen-bond acceptors (Lipinski definition) is 7. The number of anilines is 1. The molecule has 0 saturated heterocycles. The summed E-state index contributed by atoms with van der Waals surface area (Å²) in [5.74, 6) is 0.703. The number of rotatable bonds is 5. The summed E-state index contributed by atoms with van der Waals surface area (Å²) in [6.07, 6.45) is 0. The first-order valence-electron chi connectivity index (χ1n) is 7.02. The molecule has 0 N–H and O–H groups in total. The van der Waals surface area contributed by atoms with Crippen molar-refractivity contribution >= 4 is 50.1 Å². The molecule has 0 aliphatic heterocycles. The molecule has 0 bridgehead atoms. The lowest BCUT2D eigenvalue weighted by Gasteiger charge is -2.22. The third-order valence-corrected chi connectivity index (χ3v) is 6.32. The van der Waals surface area contributed by atoms with Gasteiger partial charge >= 0.3 is 0 Å². The molecule has 0 fully saturated rings. The Hall–Kier alpha value is -2.10. The SMILES string of the molecule is COc1cc(OC)c(N(C)S(=O)(=O)c2cccc3nsnc23)cc1Cl. The summed E-state index contributed by atoms with van der Waals surface area (Å²) in [7, 11) is 0.437. The molecule has 0 aliphatic carbocycles. The van der Waals surface area contributed by atoms with Crippen LogP contribution in [0.3, 0.4) is 0 Å². The minimum absolute atomic E-state index is 0.0650. The molecule has 0 saturated carbocycles. The van der Waals surface area contributed by atoms with Gasteiger partial charge < -0.3 is 9.47 Å². The lowest BCUT2D eigenvalue weighted by molar-refractivity contribution is 0.395. The van der Waals surface area contributed by atoms with E-state index in [1.165, 1.54) is 39.5 Å². The van der Waals surface area contributed by atoms with Crippen LogP contribution >= 0.6 is 23.3 Å². The van der Waals surface area contributed by atoms with Gasteiger partial charge in [-0.15, -0.1) is 0 Å². The molecule has 2 aromatic carbocycles. The van der Waals surface area contributed by atoms with Crippen LogP contribution in [0.15, 0.2) is 35.2 Å². The monoisotopic (exact) mass is 399 g/mol. The van der Waals surface area contributed by atoms with E-state index in [-0.39, 0.29) is 15.6 Å². The van der Waals surface area contributed by atoms with E-state index in [1.54, 1.807) is 12.1 Å². The Balaban J connectivity index is 2.16. The molecule has 0 atom stereocenters. The first-order valence-corrected chi connectivity index (χ1v) is 9.56.